The SMILES string of the molecule is Cc1cc(-c2c3ccccc3c(-c3ccc4c(ccc5ccccc54)c3)c3ccccc23)ccc1-c1ccc2ccccc2c1C. The third-order valence-corrected chi connectivity index (χ3v) is 9.97. The van der Waals surface area contributed by atoms with Crippen LogP contribution in [0.1, 0.15) is 11.1 Å². The molecule has 0 unspecified atom stereocenters. The minimum atomic E-state index is 1.25. The summed E-state index contributed by atoms with van der Waals surface area (Å²) in [5.41, 5.74) is 10.3. The molecule has 0 N–H and O–H groups in total. The quantitative estimate of drug-likeness (QED) is 0.143. The molecule has 0 heterocycles. The average molecular weight is 585 g/mol. The Morgan fingerprint density at radius 3 is 1.37 bits per heavy atom. The maximum absolute atomic E-state index is 2.39. The monoisotopic (exact) mass is 584 g/mol. The lowest BCUT2D eigenvalue weighted by Gasteiger charge is -2.19. The number of hydrogen-bond donors (Lipinski definition) is 0. The first-order valence-electron chi connectivity index (χ1n) is 16.1. The van der Waals surface area contributed by atoms with Crippen LogP contribution in [-0.4, -0.2) is 0 Å². The minimum absolute atomic E-state index is 1.25. The summed E-state index contributed by atoms with van der Waals surface area (Å²) in [4.78, 5) is 0. The fourth-order valence-electron chi connectivity index (χ4n) is 7.76. The Morgan fingerprint density at radius 2 is 0.739 bits per heavy atom. The van der Waals surface area contributed by atoms with Crippen LogP contribution in [0.5, 0.6) is 0 Å². The largest absolute Gasteiger partial charge is 0.0616 e. The summed E-state index contributed by atoms with van der Waals surface area (Å²) in [6, 6.07) is 58.3. The number of benzene rings is 9. The maximum atomic E-state index is 2.39. The predicted molar refractivity (Wildman–Crippen MR) is 200 cm³/mol. The molecule has 0 fully saturated rings. The van der Waals surface area contributed by atoms with Gasteiger partial charge in [-0.1, -0.05) is 152 Å². The molecule has 46 heavy (non-hydrogen) atoms. The van der Waals surface area contributed by atoms with E-state index < -0.39 is 0 Å². The number of aryl methyl sites for hydroxylation is 2. The van der Waals surface area contributed by atoms with E-state index in [4.69, 9.17) is 0 Å². The van der Waals surface area contributed by atoms with Crippen LogP contribution in [0.3, 0.4) is 0 Å². The molecule has 9 aromatic carbocycles. The van der Waals surface area contributed by atoms with Crippen molar-refractivity contribution in [3.05, 3.63) is 169 Å². The fourth-order valence-corrected chi connectivity index (χ4v) is 7.76. The van der Waals surface area contributed by atoms with Gasteiger partial charge in [0.25, 0.3) is 0 Å². The van der Waals surface area contributed by atoms with Crippen molar-refractivity contribution in [2.24, 2.45) is 0 Å². The lowest BCUT2D eigenvalue weighted by atomic mass is 9.84. The molecular weight excluding hydrogens is 553 g/mol. The summed E-state index contributed by atoms with van der Waals surface area (Å²) >= 11 is 0. The molecule has 0 heteroatoms. The molecule has 0 aromatic heterocycles. The molecular formula is C46H32. The van der Waals surface area contributed by atoms with E-state index in [9.17, 15) is 0 Å². The minimum Gasteiger partial charge on any atom is -0.0616 e. The zero-order chi connectivity index (χ0) is 30.8. The van der Waals surface area contributed by atoms with E-state index in [1.54, 1.807) is 0 Å². The van der Waals surface area contributed by atoms with Gasteiger partial charge in [0, 0.05) is 0 Å². The molecule has 0 saturated heterocycles. The molecule has 0 radical (unpaired) electrons. The van der Waals surface area contributed by atoms with Gasteiger partial charge >= 0.3 is 0 Å². The second-order valence-electron chi connectivity index (χ2n) is 12.6. The first-order valence-corrected chi connectivity index (χ1v) is 16.1. The molecule has 0 bridgehead atoms. The molecule has 216 valence electrons. The zero-order valence-corrected chi connectivity index (χ0v) is 26.0. The number of rotatable bonds is 3. The van der Waals surface area contributed by atoms with E-state index in [0.29, 0.717) is 0 Å². The van der Waals surface area contributed by atoms with E-state index in [0.717, 1.165) is 0 Å². The fraction of sp³-hybridized carbons (Fsp3) is 0.0435. The lowest BCUT2D eigenvalue weighted by molar-refractivity contribution is 1.43. The molecule has 9 aromatic rings. The van der Waals surface area contributed by atoms with Crippen LogP contribution in [0.4, 0.5) is 0 Å². The van der Waals surface area contributed by atoms with Gasteiger partial charge in [0.05, 0.1) is 0 Å². The van der Waals surface area contributed by atoms with Crippen molar-refractivity contribution in [2.75, 3.05) is 0 Å². The van der Waals surface area contributed by atoms with Crippen molar-refractivity contribution < 1.29 is 0 Å². The van der Waals surface area contributed by atoms with Gasteiger partial charge in [0.1, 0.15) is 0 Å². The molecule has 0 saturated carbocycles. The van der Waals surface area contributed by atoms with Gasteiger partial charge in [-0.05, 0) is 118 Å². The van der Waals surface area contributed by atoms with Crippen LogP contribution in [0, 0.1) is 13.8 Å². The third-order valence-electron chi connectivity index (χ3n) is 9.97. The van der Waals surface area contributed by atoms with Gasteiger partial charge in [0.15, 0.2) is 0 Å². The summed E-state index contributed by atoms with van der Waals surface area (Å²) in [6.45, 7) is 4.50. The maximum Gasteiger partial charge on any atom is -0.00262 e. The Kier molecular flexibility index (Phi) is 6.05. The van der Waals surface area contributed by atoms with Gasteiger partial charge in [-0.25, -0.2) is 0 Å². The Labute approximate surface area is 269 Å². The number of fused-ring (bicyclic) bond motifs is 6. The van der Waals surface area contributed by atoms with E-state index in [1.165, 1.54) is 98.4 Å². The Hall–Kier alpha value is -5.72. The first-order chi connectivity index (χ1) is 22.7. The van der Waals surface area contributed by atoms with Crippen molar-refractivity contribution in [1.29, 1.82) is 0 Å². The van der Waals surface area contributed by atoms with Gasteiger partial charge in [-0.15, -0.1) is 0 Å². The van der Waals surface area contributed by atoms with E-state index in [-0.39, 0.29) is 0 Å². The highest BCUT2D eigenvalue weighted by atomic mass is 14.2. The Bertz CT molecular complexity index is 2600. The van der Waals surface area contributed by atoms with Gasteiger partial charge in [-0.3, -0.25) is 0 Å². The van der Waals surface area contributed by atoms with Crippen LogP contribution in [-0.2, 0) is 0 Å². The molecule has 0 aliphatic heterocycles. The van der Waals surface area contributed by atoms with Crippen molar-refractivity contribution in [3.8, 4) is 33.4 Å². The summed E-state index contributed by atoms with van der Waals surface area (Å²) in [5.74, 6) is 0. The summed E-state index contributed by atoms with van der Waals surface area (Å²) in [7, 11) is 0. The van der Waals surface area contributed by atoms with Crippen molar-refractivity contribution >= 4 is 53.9 Å². The van der Waals surface area contributed by atoms with Crippen molar-refractivity contribution in [2.45, 2.75) is 13.8 Å². The number of hydrogen-bond acceptors (Lipinski definition) is 0. The van der Waals surface area contributed by atoms with Crippen molar-refractivity contribution in [1.82, 2.24) is 0 Å². The summed E-state index contributed by atoms with van der Waals surface area (Å²) in [5, 5.41) is 12.9. The smallest absolute Gasteiger partial charge is 0.00262 e. The predicted octanol–water partition coefficient (Wildman–Crippen LogP) is 13.1. The van der Waals surface area contributed by atoms with E-state index in [1.807, 2.05) is 0 Å². The third kappa shape index (κ3) is 4.07. The summed E-state index contributed by atoms with van der Waals surface area (Å²) in [6.07, 6.45) is 0. The van der Waals surface area contributed by atoms with Crippen LogP contribution in [0.2, 0.25) is 0 Å². The van der Waals surface area contributed by atoms with Crippen LogP contribution in [0.25, 0.3) is 87.2 Å². The highest BCUT2D eigenvalue weighted by Crippen LogP contribution is 2.45. The van der Waals surface area contributed by atoms with Crippen LogP contribution < -0.4 is 0 Å². The molecule has 0 nitrogen and oxygen atoms in total. The first kappa shape index (κ1) is 26.7. The van der Waals surface area contributed by atoms with Gasteiger partial charge in [0.2, 0.25) is 0 Å². The van der Waals surface area contributed by atoms with E-state index in [2.05, 4.69) is 172 Å². The average Bonchev–Trinajstić information content (AvgIpc) is 3.11. The highest BCUT2D eigenvalue weighted by molar-refractivity contribution is 6.22. The molecule has 0 aliphatic rings. The Balaban J connectivity index is 1.26. The van der Waals surface area contributed by atoms with Crippen LogP contribution in [0.15, 0.2) is 158 Å². The van der Waals surface area contributed by atoms with Gasteiger partial charge < -0.3 is 0 Å². The second kappa shape index (κ2) is 10.4. The standard InChI is InChI=1S/C46H32/c1-29-27-34(22-24-36(29)38-25-21-31-11-3-5-13-37(31)30(38)2)45-41-15-7-9-17-43(41)46(44-18-10-8-16-42(44)45)35-23-26-40-33(28-35)20-19-32-12-4-6-14-39(32)40/h3-28H,1-2H3. The normalized spacial score (nSPS) is 11.7. The summed E-state index contributed by atoms with van der Waals surface area (Å²) < 4.78 is 0. The Morgan fingerprint density at radius 1 is 0.304 bits per heavy atom. The molecule has 0 atom stereocenters. The van der Waals surface area contributed by atoms with E-state index >= 15 is 0 Å². The molecule has 9 rings (SSSR count). The lowest BCUT2D eigenvalue weighted by Crippen LogP contribution is -1.93. The molecule has 0 amide bonds. The molecule has 0 spiro atoms. The second-order valence-corrected chi connectivity index (χ2v) is 12.6. The van der Waals surface area contributed by atoms with Gasteiger partial charge in [-0.2, -0.15) is 0 Å². The van der Waals surface area contributed by atoms with Crippen LogP contribution >= 0.6 is 0 Å². The molecule has 0 aliphatic carbocycles. The highest BCUT2D eigenvalue weighted by Gasteiger charge is 2.18. The van der Waals surface area contributed by atoms with Crippen molar-refractivity contribution in [3.63, 3.8) is 0 Å². The zero-order valence-electron chi connectivity index (χ0n) is 26.0. The topological polar surface area (TPSA) is 0 Å².